The molecule has 0 spiro atoms. The van der Waals surface area contributed by atoms with Crippen LogP contribution < -0.4 is 16.4 Å². The second-order valence-corrected chi connectivity index (χ2v) is 6.72. The van der Waals surface area contributed by atoms with Crippen LogP contribution in [-0.4, -0.2) is 31.4 Å². The van der Waals surface area contributed by atoms with Gasteiger partial charge in [0.25, 0.3) is 0 Å². The van der Waals surface area contributed by atoms with Crippen LogP contribution in [0.1, 0.15) is 23.5 Å². The predicted octanol–water partition coefficient (Wildman–Crippen LogP) is 2.39. The highest BCUT2D eigenvalue weighted by molar-refractivity contribution is 6.30. The maximum atomic E-state index is 13.7. The second kappa shape index (κ2) is 10.0. The van der Waals surface area contributed by atoms with Crippen LogP contribution in [0.5, 0.6) is 0 Å². The van der Waals surface area contributed by atoms with Crippen LogP contribution in [0.25, 0.3) is 0 Å². The van der Waals surface area contributed by atoms with Crippen LogP contribution in [0.2, 0.25) is 5.02 Å². The molecule has 4 N–H and O–H groups in total. The van der Waals surface area contributed by atoms with Gasteiger partial charge in [-0.15, -0.1) is 0 Å². The van der Waals surface area contributed by atoms with Crippen molar-refractivity contribution in [3.63, 3.8) is 0 Å². The number of nitrogens with one attached hydrogen (secondary N) is 2. The molecule has 0 saturated carbocycles. The van der Waals surface area contributed by atoms with Gasteiger partial charge in [0, 0.05) is 31.1 Å². The molecule has 0 heterocycles. The van der Waals surface area contributed by atoms with E-state index in [1.165, 1.54) is 13.1 Å². The van der Waals surface area contributed by atoms with Gasteiger partial charge in [0.05, 0.1) is 5.92 Å². The summed E-state index contributed by atoms with van der Waals surface area (Å²) >= 11 is 5.88. The van der Waals surface area contributed by atoms with E-state index in [4.69, 9.17) is 17.3 Å². The number of carbonyl (C=O) groups excluding carboxylic acids is 2. The Kier molecular flexibility index (Phi) is 7.76. The van der Waals surface area contributed by atoms with E-state index in [9.17, 15) is 14.0 Å². The summed E-state index contributed by atoms with van der Waals surface area (Å²) in [4.78, 5) is 24.3. The van der Waals surface area contributed by atoms with Crippen LogP contribution in [-0.2, 0) is 16.0 Å². The molecule has 0 aliphatic carbocycles. The fourth-order valence-corrected chi connectivity index (χ4v) is 2.90. The first-order chi connectivity index (χ1) is 12.9. The topological polar surface area (TPSA) is 84.2 Å². The summed E-state index contributed by atoms with van der Waals surface area (Å²) in [5.74, 6) is -1.38. The molecule has 0 saturated heterocycles. The van der Waals surface area contributed by atoms with Gasteiger partial charge >= 0.3 is 0 Å². The number of benzene rings is 2. The lowest BCUT2D eigenvalue weighted by atomic mass is 9.98. The predicted molar refractivity (Wildman–Crippen MR) is 104 cm³/mol. The molecule has 27 heavy (non-hydrogen) atoms. The fraction of sp³-hybridized carbons (Fsp3) is 0.300. The van der Waals surface area contributed by atoms with E-state index < -0.39 is 12.0 Å². The van der Waals surface area contributed by atoms with E-state index in [1.807, 2.05) is 0 Å². The van der Waals surface area contributed by atoms with Gasteiger partial charge in [-0.3, -0.25) is 9.59 Å². The number of amides is 2. The molecule has 2 amide bonds. The lowest BCUT2D eigenvalue weighted by Crippen LogP contribution is -2.38. The monoisotopic (exact) mass is 391 g/mol. The van der Waals surface area contributed by atoms with Gasteiger partial charge in [0.15, 0.2) is 0 Å². The summed E-state index contributed by atoms with van der Waals surface area (Å²) < 4.78 is 13.7. The molecule has 0 radical (unpaired) electrons. The molecule has 0 bridgehead atoms. The van der Waals surface area contributed by atoms with Gasteiger partial charge in [0.2, 0.25) is 11.8 Å². The summed E-state index contributed by atoms with van der Waals surface area (Å²) in [7, 11) is 1.54. The van der Waals surface area contributed by atoms with Gasteiger partial charge < -0.3 is 16.4 Å². The quantitative estimate of drug-likeness (QED) is 0.646. The van der Waals surface area contributed by atoms with Gasteiger partial charge in [-0.25, -0.2) is 4.39 Å². The summed E-state index contributed by atoms with van der Waals surface area (Å²) in [6.45, 7) is 0.132. The number of halogens is 2. The Morgan fingerprint density at radius 2 is 1.81 bits per heavy atom. The first kappa shape index (κ1) is 20.9. The minimum absolute atomic E-state index is 0.0371. The molecule has 144 valence electrons. The number of nitrogens with two attached hydrogens (primary N) is 1. The SMILES string of the molecule is CNC(=O)[C@H](CNC(=O)C[C@H](N)Cc1ccccc1F)c1ccc(Cl)cc1. The van der Waals surface area contributed by atoms with Crippen LogP contribution >= 0.6 is 11.6 Å². The molecule has 2 rings (SSSR count). The average Bonchev–Trinajstić information content (AvgIpc) is 2.64. The van der Waals surface area contributed by atoms with Crippen molar-refractivity contribution in [2.24, 2.45) is 5.73 Å². The number of carbonyl (C=O) groups is 2. The molecule has 0 aliphatic heterocycles. The van der Waals surface area contributed by atoms with E-state index in [-0.39, 0.29) is 37.0 Å². The third kappa shape index (κ3) is 6.34. The van der Waals surface area contributed by atoms with Crippen LogP contribution in [0.15, 0.2) is 48.5 Å². The van der Waals surface area contributed by atoms with E-state index >= 15 is 0 Å². The van der Waals surface area contributed by atoms with Crippen LogP contribution in [0, 0.1) is 5.82 Å². The average molecular weight is 392 g/mol. The maximum Gasteiger partial charge on any atom is 0.229 e. The van der Waals surface area contributed by atoms with Crippen molar-refractivity contribution >= 4 is 23.4 Å². The number of hydrogen-bond donors (Lipinski definition) is 3. The summed E-state index contributed by atoms with van der Waals surface area (Å²) in [6.07, 6.45) is 0.297. The molecule has 7 heteroatoms. The summed E-state index contributed by atoms with van der Waals surface area (Å²) in [6, 6.07) is 12.7. The third-order valence-electron chi connectivity index (χ3n) is 4.23. The largest absolute Gasteiger partial charge is 0.359 e. The molecular formula is C20H23ClFN3O2. The van der Waals surface area contributed by atoms with Crippen molar-refractivity contribution in [1.29, 1.82) is 0 Å². The maximum absolute atomic E-state index is 13.7. The molecule has 2 aromatic rings. The molecule has 0 fully saturated rings. The van der Waals surface area contributed by atoms with E-state index in [1.54, 1.807) is 42.5 Å². The summed E-state index contributed by atoms with van der Waals surface area (Å²) in [5, 5.41) is 5.90. The second-order valence-electron chi connectivity index (χ2n) is 6.28. The van der Waals surface area contributed by atoms with E-state index in [0.29, 0.717) is 10.6 Å². The van der Waals surface area contributed by atoms with Gasteiger partial charge in [-0.2, -0.15) is 0 Å². The Hall–Kier alpha value is -2.44. The van der Waals surface area contributed by atoms with E-state index in [2.05, 4.69) is 10.6 Å². The van der Waals surface area contributed by atoms with E-state index in [0.717, 1.165) is 5.56 Å². The Bertz CT molecular complexity index is 783. The van der Waals surface area contributed by atoms with Gasteiger partial charge in [-0.1, -0.05) is 41.9 Å². The lowest BCUT2D eigenvalue weighted by molar-refractivity contribution is -0.123. The Labute approximate surface area is 163 Å². The molecule has 5 nitrogen and oxygen atoms in total. The van der Waals surface area contributed by atoms with Crippen molar-refractivity contribution in [2.45, 2.75) is 24.8 Å². The summed E-state index contributed by atoms with van der Waals surface area (Å²) in [5.41, 5.74) is 7.19. The Balaban J connectivity index is 1.92. The molecule has 2 atom stereocenters. The van der Waals surface area contributed by atoms with Crippen molar-refractivity contribution in [3.05, 3.63) is 70.5 Å². The fourth-order valence-electron chi connectivity index (χ4n) is 2.78. The van der Waals surface area contributed by atoms with Gasteiger partial charge in [-0.05, 0) is 35.7 Å². The zero-order valence-electron chi connectivity index (χ0n) is 15.0. The molecule has 2 aromatic carbocycles. The molecule has 0 aliphatic rings. The molecular weight excluding hydrogens is 369 g/mol. The zero-order valence-corrected chi connectivity index (χ0v) is 15.8. The standard InChI is InChI=1S/C20H23ClFN3O2/c1-24-20(27)17(13-6-8-15(21)9-7-13)12-25-19(26)11-16(23)10-14-4-2-3-5-18(14)22/h2-9,16-17H,10-12,23H2,1H3,(H,24,27)(H,25,26)/t16-,17-/m1/s1. The zero-order chi connectivity index (χ0) is 19.8. The van der Waals surface area contributed by atoms with Crippen LogP contribution in [0.3, 0.4) is 0 Å². The number of likely N-dealkylation sites (N-methyl/N-ethyl adjacent to an activating group) is 1. The van der Waals surface area contributed by atoms with Crippen molar-refractivity contribution in [2.75, 3.05) is 13.6 Å². The Morgan fingerprint density at radius 1 is 1.15 bits per heavy atom. The third-order valence-corrected chi connectivity index (χ3v) is 4.48. The van der Waals surface area contributed by atoms with Crippen molar-refractivity contribution < 1.29 is 14.0 Å². The minimum atomic E-state index is -0.543. The van der Waals surface area contributed by atoms with Crippen LogP contribution in [0.4, 0.5) is 4.39 Å². The number of hydrogen-bond acceptors (Lipinski definition) is 3. The number of rotatable bonds is 8. The van der Waals surface area contributed by atoms with Gasteiger partial charge in [0.1, 0.15) is 5.82 Å². The molecule has 0 unspecified atom stereocenters. The van der Waals surface area contributed by atoms with Crippen molar-refractivity contribution in [1.82, 2.24) is 10.6 Å². The Morgan fingerprint density at radius 3 is 2.44 bits per heavy atom. The smallest absolute Gasteiger partial charge is 0.229 e. The molecule has 0 aromatic heterocycles. The normalized spacial score (nSPS) is 12.9. The minimum Gasteiger partial charge on any atom is -0.359 e. The van der Waals surface area contributed by atoms with Crippen molar-refractivity contribution in [3.8, 4) is 0 Å². The highest BCUT2D eigenvalue weighted by Crippen LogP contribution is 2.18. The highest BCUT2D eigenvalue weighted by Gasteiger charge is 2.21. The lowest BCUT2D eigenvalue weighted by Gasteiger charge is -2.18. The first-order valence-corrected chi connectivity index (χ1v) is 9.01. The highest BCUT2D eigenvalue weighted by atomic mass is 35.5. The first-order valence-electron chi connectivity index (χ1n) is 8.63.